The van der Waals surface area contributed by atoms with E-state index in [1.54, 1.807) is 0 Å². The van der Waals surface area contributed by atoms with Gasteiger partial charge in [0.2, 0.25) is 0 Å². The molecule has 116 valence electrons. The van der Waals surface area contributed by atoms with E-state index in [0.717, 1.165) is 42.1 Å². The fraction of sp³-hybridized carbons (Fsp3) is 0.562. The van der Waals surface area contributed by atoms with Crippen molar-refractivity contribution >= 4 is 11.0 Å². The number of ether oxygens (including phenoxy) is 1. The van der Waals surface area contributed by atoms with E-state index in [1.165, 1.54) is 0 Å². The number of hydrogen-bond acceptors (Lipinski definition) is 4. The maximum atomic E-state index is 6.08. The molecule has 1 atom stereocenters. The molecule has 0 aliphatic carbocycles. The molecule has 2 N–H and O–H groups in total. The molecule has 0 bridgehead atoms. The molecule has 0 saturated carbocycles. The summed E-state index contributed by atoms with van der Waals surface area (Å²) in [6.07, 6.45) is 1.07. The molecule has 5 nitrogen and oxygen atoms in total. The Kier molecular flexibility index (Phi) is 5.20. The SMILES string of the molecule is CCOc1ccc2c(c1)nc(C(C)N)n2CCCN(C)C. The first kappa shape index (κ1) is 15.8. The Balaban J connectivity index is 2.33. The highest BCUT2D eigenvalue weighted by molar-refractivity contribution is 5.78. The van der Waals surface area contributed by atoms with Crippen LogP contribution in [0, 0.1) is 0 Å². The molecular formula is C16H26N4O. The zero-order valence-corrected chi connectivity index (χ0v) is 13.5. The highest BCUT2D eigenvalue weighted by Crippen LogP contribution is 2.24. The number of imidazole rings is 1. The lowest BCUT2D eigenvalue weighted by Gasteiger charge is -2.14. The fourth-order valence-corrected chi connectivity index (χ4v) is 2.51. The van der Waals surface area contributed by atoms with Crippen molar-refractivity contribution in [2.75, 3.05) is 27.2 Å². The van der Waals surface area contributed by atoms with E-state index in [0.29, 0.717) is 6.61 Å². The van der Waals surface area contributed by atoms with Gasteiger partial charge in [0.25, 0.3) is 0 Å². The van der Waals surface area contributed by atoms with Crippen molar-refractivity contribution in [1.82, 2.24) is 14.5 Å². The Morgan fingerprint density at radius 2 is 2.14 bits per heavy atom. The van der Waals surface area contributed by atoms with E-state index in [1.807, 2.05) is 26.0 Å². The van der Waals surface area contributed by atoms with Crippen molar-refractivity contribution in [3.8, 4) is 5.75 Å². The summed E-state index contributed by atoms with van der Waals surface area (Å²) in [6.45, 7) is 6.61. The zero-order valence-electron chi connectivity index (χ0n) is 13.5. The number of nitrogens with two attached hydrogens (primary N) is 1. The Labute approximate surface area is 126 Å². The summed E-state index contributed by atoms with van der Waals surface area (Å²) >= 11 is 0. The third kappa shape index (κ3) is 3.74. The lowest BCUT2D eigenvalue weighted by molar-refractivity contribution is 0.340. The van der Waals surface area contributed by atoms with E-state index in [2.05, 4.69) is 29.6 Å². The molecule has 1 aromatic heterocycles. The van der Waals surface area contributed by atoms with E-state index >= 15 is 0 Å². The van der Waals surface area contributed by atoms with Crippen LogP contribution in [0.2, 0.25) is 0 Å². The highest BCUT2D eigenvalue weighted by Gasteiger charge is 2.14. The van der Waals surface area contributed by atoms with Crippen LogP contribution in [0.3, 0.4) is 0 Å². The second-order valence-electron chi connectivity index (χ2n) is 5.65. The average molecular weight is 290 g/mol. The topological polar surface area (TPSA) is 56.3 Å². The van der Waals surface area contributed by atoms with Crippen molar-refractivity contribution in [2.45, 2.75) is 32.9 Å². The summed E-state index contributed by atoms with van der Waals surface area (Å²) in [4.78, 5) is 6.89. The van der Waals surface area contributed by atoms with Crippen LogP contribution in [0.15, 0.2) is 18.2 Å². The molecule has 5 heteroatoms. The minimum atomic E-state index is -0.0766. The van der Waals surface area contributed by atoms with Crippen LogP contribution in [-0.4, -0.2) is 41.7 Å². The third-order valence-electron chi connectivity index (χ3n) is 3.45. The molecule has 0 fully saturated rings. The van der Waals surface area contributed by atoms with Gasteiger partial charge in [-0.1, -0.05) is 0 Å². The number of aromatic nitrogens is 2. The maximum absolute atomic E-state index is 6.08. The van der Waals surface area contributed by atoms with E-state index in [-0.39, 0.29) is 6.04 Å². The lowest BCUT2D eigenvalue weighted by Crippen LogP contribution is -2.18. The first-order valence-corrected chi connectivity index (χ1v) is 7.56. The molecule has 1 aromatic carbocycles. The molecule has 0 aliphatic rings. The van der Waals surface area contributed by atoms with Crippen LogP contribution in [0.1, 0.15) is 32.1 Å². The molecule has 0 radical (unpaired) electrons. The molecule has 1 heterocycles. The van der Waals surface area contributed by atoms with Gasteiger partial charge in [-0.2, -0.15) is 0 Å². The molecule has 0 saturated heterocycles. The smallest absolute Gasteiger partial charge is 0.126 e. The average Bonchev–Trinajstić information content (AvgIpc) is 2.77. The van der Waals surface area contributed by atoms with Crippen LogP contribution in [-0.2, 0) is 6.54 Å². The molecule has 1 unspecified atom stereocenters. The third-order valence-corrected chi connectivity index (χ3v) is 3.45. The second-order valence-corrected chi connectivity index (χ2v) is 5.65. The first-order chi connectivity index (χ1) is 10.0. The molecule has 0 amide bonds. The predicted molar refractivity (Wildman–Crippen MR) is 86.7 cm³/mol. The molecule has 21 heavy (non-hydrogen) atoms. The van der Waals surface area contributed by atoms with Crippen molar-refractivity contribution in [1.29, 1.82) is 0 Å². The van der Waals surface area contributed by atoms with Crippen LogP contribution >= 0.6 is 0 Å². The van der Waals surface area contributed by atoms with Crippen molar-refractivity contribution in [2.24, 2.45) is 5.73 Å². The van der Waals surface area contributed by atoms with E-state index in [9.17, 15) is 0 Å². The summed E-state index contributed by atoms with van der Waals surface area (Å²) in [5, 5.41) is 0. The van der Waals surface area contributed by atoms with Crippen LogP contribution in [0.5, 0.6) is 5.75 Å². The Bertz CT molecular complexity index is 589. The monoisotopic (exact) mass is 290 g/mol. The lowest BCUT2D eigenvalue weighted by atomic mass is 10.3. The van der Waals surface area contributed by atoms with Gasteiger partial charge < -0.3 is 19.9 Å². The van der Waals surface area contributed by atoms with Crippen molar-refractivity contribution < 1.29 is 4.74 Å². The van der Waals surface area contributed by atoms with Gasteiger partial charge in [-0.05, 0) is 53.0 Å². The minimum Gasteiger partial charge on any atom is -0.494 e. The van der Waals surface area contributed by atoms with Crippen LogP contribution < -0.4 is 10.5 Å². The highest BCUT2D eigenvalue weighted by atomic mass is 16.5. The molecule has 2 rings (SSSR count). The number of aryl methyl sites for hydroxylation is 1. The molecule has 0 spiro atoms. The van der Waals surface area contributed by atoms with Gasteiger partial charge in [0.05, 0.1) is 23.7 Å². The minimum absolute atomic E-state index is 0.0766. The number of nitrogens with zero attached hydrogens (tertiary/aromatic N) is 3. The van der Waals surface area contributed by atoms with E-state index in [4.69, 9.17) is 15.5 Å². The summed E-state index contributed by atoms with van der Waals surface area (Å²) in [5.74, 6) is 1.80. The summed E-state index contributed by atoms with van der Waals surface area (Å²) < 4.78 is 7.78. The summed E-state index contributed by atoms with van der Waals surface area (Å²) in [5.41, 5.74) is 8.17. The number of hydrogen-bond donors (Lipinski definition) is 1. The summed E-state index contributed by atoms with van der Waals surface area (Å²) in [7, 11) is 4.18. The van der Waals surface area contributed by atoms with Gasteiger partial charge >= 0.3 is 0 Å². The van der Waals surface area contributed by atoms with Crippen LogP contribution in [0.4, 0.5) is 0 Å². The Morgan fingerprint density at radius 1 is 1.38 bits per heavy atom. The number of benzene rings is 1. The van der Waals surface area contributed by atoms with Crippen molar-refractivity contribution in [3.63, 3.8) is 0 Å². The van der Waals surface area contributed by atoms with Gasteiger partial charge in [0.15, 0.2) is 0 Å². The van der Waals surface area contributed by atoms with Crippen molar-refractivity contribution in [3.05, 3.63) is 24.0 Å². The Hall–Kier alpha value is -1.59. The largest absolute Gasteiger partial charge is 0.494 e. The fourth-order valence-electron chi connectivity index (χ4n) is 2.51. The normalized spacial score (nSPS) is 13.0. The molecular weight excluding hydrogens is 264 g/mol. The molecule has 2 aromatic rings. The predicted octanol–water partition coefficient (Wildman–Crippen LogP) is 2.41. The van der Waals surface area contributed by atoms with Gasteiger partial charge in [-0.25, -0.2) is 4.98 Å². The van der Waals surface area contributed by atoms with Gasteiger partial charge in [0, 0.05) is 12.6 Å². The summed E-state index contributed by atoms with van der Waals surface area (Å²) in [6, 6.07) is 6.00. The van der Waals surface area contributed by atoms with Gasteiger partial charge in [-0.3, -0.25) is 0 Å². The van der Waals surface area contributed by atoms with E-state index < -0.39 is 0 Å². The van der Waals surface area contributed by atoms with Gasteiger partial charge in [0.1, 0.15) is 11.6 Å². The Morgan fingerprint density at radius 3 is 2.76 bits per heavy atom. The van der Waals surface area contributed by atoms with Gasteiger partial charge in [-0.15, -0.1) is 0 Å². The number of rotatable bonds is 7. The zero-order chi connectivity index (χ0) is 15.4. The maximum Gasteiger partial charge on any atom is 0.126 e. The second kappa shape index (κ2) is 6.91. The standard InChI is InChI=1S/C16H26N4O/c1-5-21-13-7-8-15-14(11-13)18-16(12(2)17)20(15)10-6-9-19(3)4/h7-8,11-12H,5-6,9-10,17H2,1-4H3. The first-order valence-electron chi connectivity index (χ1n) is 7.56. The quantitative estimate of drug-likeness (QED) is 0.851. The number of fused-ring (bicyclic) bond motifs is 1. The van der Waals surface area contributed by atoms with Crippen LogP contribution in [0.25, 0.3) is 11.0 Å². The molecule has 0 aliphatic heterocycles.